The molecule has 118 valence electrons. The van der Waals surface area contributed by atoms with Gasteiger partial charge in [-0.2, -0.15) is 5.10 Å². The standard InChI is InChI=1S/C18H20N4O/c1-2-4-15(5-3-1)18-10-17(23-21-18)13-22-8-6-14(7-9-22)16-11-19-20-12-16/h1-5,10-12,14H,6-9,13H2,(H,19,20). The van der Waals surface area contributed by atoms with Crippen molar-refractivity contribution in [1.29, 1.82) is 0 Å². The highest BCUT2D eigenvalue weighted by atomic mass is 16.5. The molecule has 4 rings (SSSR count). The number of benzene rings is 1. The molecule has 3 heterocycles. The third kappa shape index (κ3) is 3.19. The fourth-order valence-electron chi connectivity index (χ4n) is 3.26. The van der Waals surface area contributed by atoms with Crippen LogP contribution >= 0.6 is 0 Å². The van der Waals surface area contributed by atoms with Crippen molar-refractivity contribution in [3.05, 3.63) is 60.1 Å². The number of aromatic nitrogens is 3. The van der Waals surface area contributed by atoms with E-state index in [0.717, 1.165) is 36.7 Å². The lowest BCUT2D eigenvalue weighted by Gasteiger charge is -2.30. The van der Waals surface area contributed by atoms with E-state index in [2.05, 4.69) is 38.5 Å². The first-order valence-corrected chi connectivity index (χ1v) is 8.10. The number of aromatic amines is 1. The third-order valence-electron chi connectivity index (χ3n) is 4.59. The molecule has 0 unspecified atom stereocenters. The summed E-state index contributed by atoms with van der Waals surface area (Å²) in [4.78, 5) is 2.44. The molecule has 5 nitrogen and oxygen atoms in total. The highest BCUT2D eigenvalue weighted by Crippen LogP contribution is 2.28. The van der Waals surface area contributed by atoms with Gasteiger partial charge in [-0.1, -0.05) is 35.5 Å². The number of nitrogens with one attached hydrogen (secondary N) is 1. The van der Waals surface area contributed by atoms with E-state index in [1.807, 2.05) is 30.6 Å². The van der Waals surface area contributed by atoms with Gasteiger partial charge >= 0.3 is 0 Å². The molecule has 1 aromatic carbocycles. The molecular formula is C18H20N4O. The van der Waals surface area contributed by atoms with Crippen molar-refractivity contribution in [1.82, 2.24) is 20.3 Å². The molecule has 1 aliphatic heterocycles. The predicted molar refractivity (Wildman–Crippen MR) is 87.8 cm³/mol. The van der Waals surface area contributed by atoms with Crippen molar-refractivity contribution in [3.8, 4) is 11.3 Å². The maximum atomic E-state index is 5.51. The molecule has 0 spiro atoms. The Labute approximate surface area is 135 Å². The smallest absolute Gasteiger partial charge is 0.151 e. The molecule has 1 fully saturated rings. The number of hydrogen-bond donors (Lipinski definition) is 1. The van der Waals surface area contributed by atoms with E-state index in [1.165, 1.54) is 18.4 Å². The minimum absolute atomic E-state index is 0.625. The number of rotatable bonds is 4. The molecule has 0 bridgehead atoms. The molecule has 3 aromatic rings. The number of nitrogens with zero attached hydrogens (tertiary/aromatic N) is 3. The van der Waals surface area contributed by atoms with Crippen molar-refractivity contribution < 1.29 is 4.52 Å². The summed E-state index contributed by atoms with van der Waals surface area (Å²) in [5.74, 6) is 1.56. The van der Waals surface area contributed by atoms with Gasteiger partial charge in [0.25, 0.3) is 0 Å². The number of H-pyrrole nitrogens is 1. The summed E-state index contributed by atoms with van der Waals surface area (Å²) in [5, 5.41) is 11.2. The summed E-state index contributed by atoms with van der Waals surface area (Å²) < 4.78 is 5.51. The fraction of sp³-hybridized carbons (Fsp3) is 0.333. The Balaban J connectivity index is 1.36. The fourth-order valence-corrected chi connectivity index (χ4v) is 3.26. The molecule has 1 saturated heterocycles. The first kappa shape index (κ1) is 14.2. The summed E-state index contributed by atoms with van der Waals surface area (Å²) in [6, 6.07) is 12.2. The van der Waals surface area contributed by atoms with Crippen LogP contribution in [0, 0.1) is 0 Å². The normalized spacial score (nSPS) is 16.7. The topological polar surface area (TPSA) is 58.0 Å². The van der Waals surface area contributed by atoms with E-state index in [-0.39, 0.29) is 0 Å². The van der Waals surface area contributed by atoms with Crippen molar-refractivity contribution >= 4 is 0 Å². The number of piperidine rings is 1. The van der Waals surface area contributed by atoms with Crippen LogP contribution in [0.4, 0.5) is 0 Å². The second kappa shape index (κ2) is 6.38. The summed E-state index contributed by atoms with van der Waals surface area (Å²) in [5.41, 5.74) is 3.34. The zero-order valence-corrected chi connectivity index (χ0v) is 13.0. The Morgan fingerprint density at radius 1 is 1.17 bits per heavy atom. The van der Waals surface area contributed by atoms with Crippen LogP contribution in [-0.4, -0.2) is 33.3 Å². The van der Waals surface area contributed by atoms with E-state index in [9.17, 15) is 0 Å². The average Bonchev–Trinajstić information content (AvgIpc) is 3.28. The van der Waals surface area contributed by atoms with E-state index in [4.69, 9.17) is 4.52 Å². The second-order valence-corrected chi connectivity index (χ2v) is 6.13. The zero-order valence-electron chi connectivity index (χ0n) is 13.0. The monoisotopic (exact) mass is 308 g/mol. The predicted octanol–water partition coefficient (Wildman–Crippen LogP) is 3.44. The molecule has 1 N–H and O–H groups in total. The van der Waals surface area contributed by atoms with E-state index in [1.54, 1.807) is 0 Å². The summed E-state index contributed by atoms with van der Waals surface area (Å²) in [6.07, 6.45) is 6.30. The van der Waals surface area contributed by atoms with Crippen LogP contribution in [-0.2, 0) is 6.54 Å². The molecule has 5 heteroatoms. The number of likely N-dealkylation sites (tertiary alicyclic amines) is 1. The quantitative estimate of drug-likeness (QED) is 0.802. The summed E-state index contributed by atoms with van der Waals surface area (Å²) >= 11 is 0. The number of hydrogen-bond acceptors (Lipinski definition) is 4. The Bertz CT molecular complexity index is 727. The van der Waals surface area contributed by atoms with Crippen molar-refractivity contribution in [2.75, 3.05) is 13.1 Å². The third-order valence-corrected chi connectivity index (χ3v) is 4.59. The van der Waals surface area contributed by atoms with E-state index in [0.29, 0.717) is 5.92 Å². The molecule has 2 aromatic heterocycles. The van der Waals surface area contributed by atoms with Crippen LogP contribution in [0.5, 0.6) is 0 Å². The van der Waals surface area contributed by atoms with Gasteiger partial charge in [0, 0.05) is 17.8 Å². The molecule has 0 saturated carbocycles. The summed E-state index contributed by atoms with van der Waals surface area (Å²) in [6.45, 7) is 2.99. The lowest BCUT2D eigenvalue weighted by molar-refractivity contribution is 0.184. The average molecular weight is 308 g/mol. The van der Waals surface area contributed by atoms with E-state index >= 15 is 0 Å². The minimum Gasteiger partial charge on any atom is -0.359 e. The Morgan fingerprint density at radius 2 is 2.00 bits per heavy atom. The molecule has 0 atom stereocenters. The lowest BCUT2D eigenvalue weighted by atomic mass is 9.91. The molecule has 1 aliphatic rings. The Hall–Kier alpha value is -2.40. The van der Waals surface area contributed by atoms with Gasteiger partial charge < -0.3 is 4.52 Å². The van der Waals surface area contributed by atoms with Gasteiger partial charge in [-0.25, -0.2) is 0 Å². The first-order valence-electron chi connectivity index (χ1n) is 8.10. The SMILES string of the molecule is c1ccc(-c2cc(CN3CCC(c4cn[nH]c4)CC3)on2)cc1. The molecule has 0 radical (unpaired) electrons. The summed E-state index contributed by atoms with van der Waals surface area (Å²) in [7, 11) is 0. The molecular weight excluding hydrogens is 288 g/mol. The zero-order chi connectivity index (χ0) is 15.5. The van der Waals surface area contributed by atoms with Gasteiger partial charge in [-0.3, -0.25) is 10.00 Å². The van der Waals surface area contributed by atoms with Crippen molar-refractivity contribution in [2.45, 2.75) is 25.3 Å². The first-order chi connectivity index (χ1) is 11.4. The van der Waals surface area contributed by atoms with Gasteiger partial charge in [-0.05, 0) is 37.4 Å². The van der Waals surface area contributed by atoms with Crippen molar-refractivity contribution in [3.63, 3.8) is 0 Å². The maximum Gasteiger partial charge on any atom is 0.151 e. The van der Waals surface area contributed by atoms with Gasteiger partial charge in [0.1, 0.15) is 5.69 Å². The van der Waals surface area contributed by atoms with E-state index < -0.39 is 0 Å². The lowest BCUT2D eigenvalue weighted by Crippen LogP contribution is -2.32. The van der Waals surface area contributed by atoms with Gasteiger partial charge in [-0.15, -0.1) is 0 Å². The Morgan fingerprint density at radius 3 is 2.74 bits per heavy atom. The van der Waals surface area contributed by atoms with Crippen LogP contribution in [0.2, 0.25) is 0 Å². The molecule has 23 heavy (non-hydrogen) atoms. The van der Waals surface area contributed by atoms with Crippen LogP contribution in [0.3, 0.4) is 0 Å². The molecule has 0 aliphatic carbocycles. The minimum atomic E-state index is 0.625. The van der Waals surface area contributed by atoms with Crippen LogP contribution in [0.15, 0.2) is 53.3 Å². The highest BCUT2D eigenvalue weighted by Gasteiger charge is 2.22. The van der Waals surface area contributed by atoms with Gasteiger partial charge in [0.15, 0.2) is 5.76 Å². The van der Waals surface area contributed by atoms with Crippen LogP contribution < -0.4 is 0 Å². The van der Waals surface area contributed by atoms with Crippen LogP contribution in [0.25, 0.3) is 11.3 Å². The Kier molecular flexibility index (Phi) is 3.94. The maximum absolute atomic E-state index is 5.51. The van der Waals surface area contributed by atoms with Gasteiger partial charge in [0.2, 0.25) is 0 Å². The second-order valence-electron chi connectivity index (χ2n) is 6.13. The molecule has 0 amide bonds. The van der Waals surface area contributed by atoms with Crippen molar-refractivity contribution in [2.24, 2.45) is 0 Å². The highest BCUT2D eigenvalue weighted by molar-refractivity contribution is 5.58. The largest absolute Gasteiger partial charge is 0.359 e. The van der Waals surface area contributed by atoms with Gasteiger partial charge in [0.05, 0.1) is 12.7 Å². The van der Waals surface area contributed by atoms with Crippen LogP contribution in [0.1, 0.15) is 30.1 Å².